The van der Waals surface area contributed by atoms with E-state index < -0.39 is 0 Å². The molecule has 0 spiro atoms. The molecule has 2 fully saturated rings. The van der Waals surface area contributed by atoms with Gasteiger partial charge < -0.3 is 14.4 Å². The highest BCUT2D eigenvalue weighted by molar-refractivity contribution is 4.69. The van der Waals surface area contributed by atoms with Gasteiger partial charge in [0.2, 0.25) is 0 Å². The number of likely N-dealkylation sites (tertiary alicyclic amines) is 1. The first-order chi connectivity index (χ1) is 5.45. The van der Waals surface area contributed by atoms with Gasteiger partial charge in [0.15, 0.2) is 6.29 Å². The van der Waals surface area contributed by atoms with Gasteiger partial charge in [0.05, 0.1) is 13.2 Å². The second kappa shape index (κ2) is 3.52. The maximum Gasteiger partial charge on any atom is 0.159 e. The van der Waals surface area contributed by atoms with E-state index in [2.05, 4.69) is 4.90 Å². The summed E-state index contributed by atoms with van der Waals surface area (Å²) >= 11 is 0. The summed E-state index contributed by atoms with van der Waals surface area (Å²) in [4.78, 5) is 2.44. The highest BCUT2D eigenvalue weighted by Crippen LogP contribution is 2.12. The van der Waals surface area contributed by atoms with E-state index in [0.29, 0.717) is 0 Å². The fourth-order valence-electron chi connectivity index (χ4n) is 1.47. The molecule has 0 amide bonds. The van der Waals surface area contributed by atoms with Crippen LogP contribution in [0.4, 0.5) is 0 Å². The maximum atomic E-state index is 5.32. The lowest BCUT2D eigenvalue weighted by molar-refractivity contribution is -0.0542. The van der Waals surface area contributed by atoms with Crippen molar-refractivity contribution in [3.63, 3.8) is 0 Å². The molecule has 0 N–H and O–H groups in total. The number of hydrogen-bond acceptors (Lipinski definition) is 3. The van der Waals surface area contributed by atoms with Crippen LogP contribution in [0.2, 0.25) is 0 Å². The summed E-state index contributed by atoms with van der Waals surface area (Å²) in [6.45, 7) is 5.25. The number of hydrogen-bond donors (Lipinski definition) is 0. The standard InChI is InChI=1S/C8H15NO2/c1-3-9(4-1)5-2-8-10-6-7-11-8/h8H,1-7H2. The summed E-state index contributed by atoms with van der Waals surface area (Å²) in [7, 11) is 0. The molecule has 0 aromatic heterocycles. The minimum Gasteiger partial charge on any atom is -0.350 e. The summed E-state index contributed by atoms with van der Waals surface area (Å²) < 4.78 is 10.6. The number of ether oxygens (including phenoxy) is 2. The van der Waals surface area contributed by atoms with Gasteiger partial charge in [-0.1, -0.05) is 0 Å². The van der Waals surface area contributed by atoms with Gasteiger partial charge in [-0.25, -0.2) is 0 Å². The highest BCUT2D eigenvalue weighted by atomic mass is 16.7. The van der Waals surface area contributed by atoms with E-state index in [1.54, 1.807) is 0 Å². The van der Waals surface area contributed by atoms with Gasteiger partial charge in [0, 0.05) is 13.0 Å². The summed E-state index contributed by atoms with van der Waals surface area (Å²) in [5.41, 5.74) is 0. The smallest absolute Gasteiger partial charge is 0.159 e. The first-order valence-electron chi connectivity index (χ1n) is 4.41. The lowest BCUT2D eigenvalue weighted by Gasteiger charge is -2.31. The predicted molar refractivity (Wildman–Crippen MR) is 41.4 cm³/mol. The number of nitrogens with zero attached hydrogens (tertiary/aromatic N) is 1. The molecule has 2 rings (SSSR count). The lowest BCUT2D eigenvalue weighted by atomic mass is 10.2. The molecule has 3 nitrogen and oxygen atoms in total. The van der Waals surface area contributed by atoms with Gasteiger partial charge in [-0.3, -0.25) is 0 Å². The van der Waals surface area contributed by atoms with Gasteiger partial charge in [-0.05, 0) is 19.5 Å². The van der Waals surface area contributed by atoms with E-state index in [0.717, 1.165) is 26.2 Å². The van der Waals surface area contributed by atoms with Crippen molar-refractivity contribution in [1.29, 1.82) is 0 Å². The monoisotopic (exact) mass is 157 g/mol. The zero-order chi connectivity index (χ0) is 7.52. The van der Waals surface area contributed by atoms with Crippen LogP contribution in [0.25, 0.3) is 0 Å². The lowest BCUT2D eigenvalue weighted by Crippen LogP contribution is -2.38. The summed E-state index contributed by atoms with van der Waals surface area (Å²) in [6, 6.07) is 0. The van der Waals surface area contributed by atoms with Crippen molar-refractivity contribution in [1.82, 2.24) is 4.90 Å². The van der Waals surface area contributed by atoms with E-state index in [1.807, 2.05) is 0 Å². The van der Waals surface area contributed by atoms with Crippen molar-refractivity contribution >= 4 is 0 Å². The first-order valence-corrected chi connectivity index (χ1v) is 4.41. The normalized spacial score (nSPS) is 27.3. The molecule has 11 heavy (non-hydrogen) atoms. The molecule has 0 bridgehead atoms. The minimum absolute atomic E-state index is 0.0931. The van der Waals surface area contributed by atoms with Crippen molar-refractivity contribution in [2.75, 3.05) is 32.8 Å². The summed E-state index contributed by atoms with van der Waals surface area (Å²) in [5, 5.41) is 0. The number of rotatable bonds is 3. The molecular formula is C8H15NO2. The Balaban J connectivity index is 1.57. The fraction of sp³-hybridized carbons (Fsp3) is 1.00. The van der Waals surface area contributed by atoms with Crippen molar-refractivity contribution in [2.24, 2.45) is 0 Å². The van der Waals surface area contributed by atoms with Crippen molar-refractivity contribution in [3.05, 3.63) is 0 Å². The molecule has 0 aromatic rings. The van der Waals surface area contributed by atoms with E-state index in [9.17, 15) is 0 Å². The molecule has 3 heteroatoms. The Labute approximate surface area is 67.3 Å². The molecule has 2 aliphatic rings. The van der Waals surface area contributed by atoms with Crippen LogP contribution in [0.5, 0.6) is 0 Å². The maximum absolute atomic E-state index is 5.32. The molecule has 0 saturated carbocycles. The Morgan fingerprint density at radius 2 is 1.91 bits per heavy atom. The van der Waals surface area contributed by atoms with E-state index in [1.165, 1.54) is 19.5 Å². The van der Waals surface area contributed by atoms with Crippen LogP contribution >= 0.6 is 0 Å². The van der Waals surface area contributed by atoms with Crippen LogP contribution in [0.3, 0.4) is 0 Å². The first kappa shape index (κ1) is 7.53. The summed E-state index contributed by atoms with van der Waals surface area (Å²) in [5.74, 6) is 0. The topological polar surface area (TPSA) is 21.7 Å². The second-order valence-electron chi connectivity index (χ2n) is 3.16. The van der Waals surface area contributed by atoms with Crippen LogP contribution in [0.15, 0.2) is 0 Å². The molecule has 64 valence electrons. The van der Waals surface area contributed by atoms with Crippen LogP contribution in [0, 0.1) is 0 Å². The average molecular weight is 157 g/mol. The zero-order valence-corrected chi connectivity index (χ0v) is 6.79. The summed E-state index contributed by atoms with van der Waals surface area (Å²) in [6.07, 6.45) is 2.50. The van der Waals surface area contributed by atoms with Crippen molar-refractivity contribution in [3.8, 4) is 0 Å². The van der Waals surface area contributed by atoms with Crippen LogP contribution in [-0.2, 0) is 9.47 Å². The Kier molecular flexibility index (Phi) is 2.41. The van der Waals surface area contributed by atoms with Crippen LogP contribution < -0.4 is 0 Å². The van der Waals surface area contributed by atoms with Crippen LogP contribution in [-0.4, -0.2) is 44.0 Å². The van der Waals surface area contributed by atoms with Crippen molar-refractivity contribution in [2.45, 2.75) is 19.1 Å². The Bertz CT molecular complexity index is 119. The Morgan fingerprint density at radius 1 is 1.18 bits per heavy atom. The molecular weight excluding hydrogens is 142 g/mol. The predicted octanol–water partition coefficient (Wildman–Crippen LogP) is 0.455. The molecule has 2 aliphatic heterocycles. The largest absolute Gasteiger partial charge is 0.350 e. The van der Waals surface area contributed by atoms with Gasteiger partial charge in [-0.2, -0.15) is 0 Å². The third-order valence-corrected chi connectivity index (χ3v) is 2.32. The van der Waals surface area contributed by atoms with Crippen LogP contribution in [0.1, 0.15) is 12.8 Å². The Morgan fingerprint density at radius 3 is 2.45 bits per heavy atom. The molecule has 0 radical (unpaired) electrons. The molecule has 0 unspecified atom stereocenters. The van der Waals surface area contributed by atoms with E-state index in [4.69, 9.17) is 9.47 Å². The molecule has 0 aliphatic carbocycles. The molecule has 0 atom stereocenters. The second-order valence-corrected chi connectivity index (χ2v) is 3.16. The van der Waals surface area contributed by atoms with Gasteiger partial charge in [0.1, 0.15) is 0 Å². The van der Waals surface area contributed by atoms with Crippen molar-refractivity contribution < 1.29 is 9.47 Å². The van der Waals surface area contributed by atoms with E-state index in [-0.39, 0.29) is 6.29 Å². The SMILES string of the molecule is C1CN(CCC2OCCO2)C1. The van der Waals surface area contributed by atoms with E-state index >= 15 is 0 Å². The van der Waals surface area contributed by atoms with Gasteiger partial charge >= 0.3 is 0 Å². The average Bonchev–Trinajstić information content (AvgIpc) is 2.36. The zero-order valence-electron chi connectivity index (χ0n) is 6.79. The highest BCUT2D eigenvalue weighted by Gasteiger charge is 2.19. The third-order valence-electron chi connectivity index (χ3n) is 2.32. The van der Waals surface area contributed by atoms with Gasteiger partial charge in [-0.15, -0.1) is 0 Å². The Hall–Kier alpha value is -0.120. The molecule has 0 aromatic carbocycles. The van der Waals surface area contributed by atoms with Gasteiger partial charge in [0.25, 0.3) is 0 Å². The molecule has 2 heterocycles. The fourth-order valence-corrected chi connectivity index (χ4v) is 1.47. The third kappa shape index (κ3) is 1.92. The quantitative estimate of drug-likeness (QED) is 0.594. The minimum atomic E-state index is 0.0931. The molecule has 2 saturated heterocycles.